The first-order valence-electron chi connectivity index (χ1n) is 14.5. The first-order chi connectivity index (χ1) is 15.7. The second-order valence-electron chi connectivity index (χ2n) is 10.3. The van der Waals surface area contributed by atoms with E-state index >= 15 is 0 Å². The summed E-state index contributed by atoms with van der Waals surface area (Å²) < 4.78 is 0. The van der Waals surface area contributed by atoms with E-state index in [1.165, 1.54) is 147 Å². The third kappa shape index (κ3) is 17.6. The average molecular weight is 445 g/mol. The number of rotatable bonds is 23. The first kappa shape index (κ1) is 29.1. The maximum absolute atomic E-state index is 9.60. The van der Waals surface area contributed by atoms with E-state index in [0.29, 0.717) is 5.75 Å². The highest BCUT2D eigenvalue weighted by Crippen LogP contribution is 2.19. The Kier molecular flexibility index (Phi) is 19.8. The molecule has 0 heterocycles. The molecule has 0 aliphatic rings. The van der Waals surface area contributed by atoms with Crippen molar-refractivity contribution in [3.05, 3.63) is 29.3 Å². The Bertz CT molecular complexity index is 521. The van der Waals surface area contributed by atoms with Crippen LogP contribution < -0.4 is 0 Å². The summed E-state index contributed by atoms with van der Waals surface area (Å²) in [7, 11) is 0. The maximum atomic E-state index is 9.60. The molecule has 0 spiro atoms. The quantitative estimate of drug-likeness (QED) is 0.166. The molecule has 0 saturated carbocycles. The lowest BCUT2D eigenvalue weighted by Gasteiger charge is -2.05. The molecule has 1 rings (SSSR count). The van der Waals surface area contributed by atoms with Crippen molar-refractivity contribution < 1.29 is 5.11 Å². The van der Waals surface area contributed by atoms with Gasteiger partial charge in [-0.25, -0.2) is 0 Å². The van der Waals surface area contributed by atoms with E-state index in [4.69, 9.17) is 0 Å². The third-order valence-corrected chi connectivity index (χ3v) is 7.08. The van der Waals surface area contributed by atoms with E-state index < -0.39 is 0 Å². The number of benzene rings is 1. The SMILES string of the molecule is CCCCCCCCCCCCCCCCCCCCCCCCc1ccc(O)c(C)c1. The highest BCUT2D eigenvalue weighted by Gasteiger charge is 1.99. The van der Waals surface area contributed by atoms with E-state index in [0.717, 1.165) is 12.0 Å². The Labute approximate surface area is 201 Å². The zero-order chi connectivity index (χ0) is 23.1. The van der Waals surface area contributed by atoms with Crippen molar-refractivity contribution >= 4 is 0 Å². The Morgan fingerprint density at radius 2 is 0.844 bits per heavy atom. The van der Waals surface area contributed by atoms with Gasteiger partial charge in [0.05, 0.1) is 0 Å². The van der Waals surface area contributed by atoms with Crippen LogP contribution in [0.2, 0.25) is 0 Å². The van der Waals surface area contributed by atoms with Gasteiger partial charge in [-0.2, -0.15) is 0 Å². The maximum Gasteiger partial charge on any atom is 0.118 e. The topological polar surface area (TPSA) is 20.2 Å². The van der Waals surface area contributed by atoms with E-state index in [1.54, 1.807) is 0 Å². The number of aryl methyl sites for hydroxylation is 2. The highest BCUT2D eigenvalue weighted by molar-refractivity contribution is 5.34. The lowest BCUT2D eigenvalue weighted by Crippen LogP contribution is -1.88. The summed E-state index contributed by atoms with van der Waals surface area (Å²) in [6, 6.07) is 6.04. The molecule has 1 aromatic carbocycles. The van der Waals surface area contributed by atoms with Gasteiger partial charge >= 0.3 is 0 Å². The summed E-state index contributed by atoms with van der Waals surface area (Å²) in [6.45, 7) is 4.28. The van der Waals surface area contributed by atoms with Crippen molar-refractivity contribution in [1.82, 2.24) is 0 Å². The van der Waals surface area contributed by atoms with E-state index in [9.17, 15) is 5.11 Å². The van der Waals surface area contributed by atoms with Crippen molar-refractivity contribution in [1.29, 1.82) is 0 Å². The lowest BCUT2D eigenvalue weighted by molar-refractivity contribution is 0.470. The minimum absolute atomic E-state index is 0.419. The summed E-state index contributed by atoms with van der Waals surface area (Å²) in [5, 5.41) is 9.60. The minimum atomic E-state index is 0.419. The number of aromatic hydroxyl groups is 1. The number of hydrogen-bond donors (Lipinski definition) is 1. The predicted molar refractivity (Wildman–Crippen MR) is 144 cm³/mol. The Morgan fingerprint density at radius 3 is 1.19 bits per heavy atom. The first-order valence-corrected chi connectivity index (χ1v) is 14.5. The summed E-state index contributed by atoms with van der Waals surface area (Å²) in [6.07, 6.45) is 32.8. The van der Waals surface area contributed by atoms with E-state index in [1.807, 2.05) is 13.0 Å². The molecule has 1 nitrogen and oxygen atoms in total. The van der Waals surface area contributed by atoms with Crippen LogP contribution in [0.5, 0.6) is 5.75 Å². The van der Waals surface area contributed by atoms with Crippen LogP contribution in [0.25, 0.3) is 0 Å². The van der Waals surface area contributed by atoms with Crippen LogP contribution in [0, 0.1) is 6.92 Å². The second kappa shape index (κ2) is 21.8. The molecule has 0 atom stereocenters. The molecule has 0 unspecified atom stereocenters. The lowest BCUT2D eigenvalue weighted by atomic mass is 10.0. The van der Waals surface area contributed by atoms with Gasteiger partial charge in [0.25, 0.3) is 0 Å². The van der Waals surface area contributed by atoms with Gasteiger partial charge < -0.3 is 5.11 Å². The fourth-order valence-electron chi connectivity index (χ4n) is 4.81. The van der Waals surface area contributed by atoms with Crippen molar-refractivity contribution in [3.8, 4) is 5.75 Å². The highest BCUT2D eigenvalue weighted by atomic mass is 16.3. The third-order valence-electron chi connectivity index (χ3n) is 7.08. The van der Waals surface area contributed by atoms with Crippen LogP contribution >= 0.6 is 0 Å². The van der Waals surface area contributed by atoms with Gasteiger partial charge in [-0.15, -0.1) is 0 Å². The van der Waals surface area contributed by atoms with Crippen LogP contribution in [0.15, 0.2) is 18.2 Å². The van der Waals surface area contributed by atoms with Gasteiger partial charge in [-0.05, 0) is 37.0 Å². The van der Waals surface area contributed by atoms with E-state index in [2.05, 4.69) is 19.1 Å². The van der Waals surface area contributed by atoms with Crippen LogP contribution in [0.1, 0.15) is 159 Å². The predicted octanol–water partition coefficient (Wildman–Crippen LogP) is 10.8. The monoisotopic (exact) mass is 444 g/mol. The zero-order valence-corrected chi connectivity index (χ0v) is 21.9. The Balaban J connectivity index is 1.71. The summed E-state index contributed by atoms with van der Waals surface area (Å²) in [5.41, 5.74) is 2.37. The largest absolute Gasteiger partial charge is 0.508 e. The number of phenolic OH excluding ortho intramolecular Hbond substituents is 1. The van der Waals surface area contributed by atoms with Crippen molar-refractivity contribution in [3.63, 3.8) is 0 Å². The molecule has 1 aromatic rings. The van der Waals surface area contributed by atoms with Crippen molar-refractivity contribution in [2.24, 2.45) is 0 Å². The van der Waals surface area contributed by atoms with Crippen LogP contribution in [0.3, 0.4) is 0 Å². The molecule has 186 valence electrons. The molecule has 0 aliphatic carbocycles. The summed E-state index contributed by atoms with van der Waals surface area (Å²) >= 11 is 0. The van der Waals surface area contributed by atoms with E-state index in [-0.39, 0.29) is 0 Å². The van der Waals surface area contributed by atoms with Crippen molar-refractivity contribution in [2.45, 2.75) is 162 Å². The molecular formula is C31H56O. The normalized spacial score (nSPS) is 11.3. The molecule has 0 bridgehead atoms. The molecule has 0 saturated heterocycles. The zero-order valence-electron chi connectivity index (χ0n) is 21.9. The van der Waals surface area contributed by atoms with Gasteiger partial charge in [0.1, 0.15) is 5.75 Å². The van der Waals surface area contributed by atoms with Gasteiger partial charge in [0.15, 0.2) is 0 Å². The minimum Gasteiger partial charge on any atom is -0.508 e. The van der Waals surface area contributed by atoms with Gasteiger partial charge in [-0.1, -0.05) is 154 Å². The van der Waals surface area contributed by atoms with Gasteiger partial charge in [0, 0.05) is 0 Å². The van der Waals surface area contributed by atoms with Crippen molar-refractivity contribution in [2.75, 3.05) is 0 Å². The standard InChI is InChI=1S/C31H56O/c1-3-4-5-6-7-8-9-10-11-12-13-14-15-16-17-18-19-20-21-22-23-24-25-30-26-27-31(32)29(2)28-30/h26-28,32H,3-25H2,1-2H3. The molecule has 1 heteroatoms. The molecule has 32 heavy (non-hydrogen) atoms. The fraction of sp³-hybridized carbons (Fsp3) is 0.806. The number of unbranched alkanes of at least 4 members (excludes halogenated alkanes) is 21. The molecule has 0 fully saturated rings. The number of hydrogen-bond acceptors (Lipinski definition) is 1. The Hall–Kier alpha value is -0.980. The Morgan fingerprint density at radius 1 is 0.500 bits per heavy atom. The molecule has 0 amide bonds. The molecule has 0 radical (unpaired) electrons. The molecule has 1 N–H and O–H groups in total. The molecular weight excluding hydrogens is 388 g/mol. The van der Waals surface area contributed by atoms with Crippen LogP contribution in [-0.4, -0.2) is 5.11 Å². The average Bonchev–Trinajstić information content (AvgIpc) is 2.79. The summed E-state index contributed by atoms with van der Waals surface area (Å²) in [5.74, 6) is 0.419. The van der Waals surface area contributed by atoms with Crippen LogP contribution in [0.4, 0.5) is 0 Å². The van der Waals surface area contributed by atoms with Gasteiger partial charge in [-0.3, -0.25) is 0 Å². The second-order valence-corrected chi connectivity index (χ2v) is 10.3. The fourth-order valence-corrected chi connectivity index (χ4v) is 4.81. The van der Waals surface area contributed by atoms with Crippen LogP contribution in [-0.2, 0) is 6.42 Å². The molecule has 0 aliphatic heterocycles. The summed E-state index contributed by atoms with van der Waals surface area (Å²) in [4.78, 5) is 0. The molecule has 0 aromatic heterocycles. The van der Waals surface area contributed by atoms with Gasteiger partial charge in [0.2, 0.25) is 0 Å². The smallest absolute Gasteiger partial charge is 0.118 e. The number of phenols is 1.